The number of carbonyl (C=O) groups is 1. The van der Waals surface area contributed by atoms with Crippen LogP contribution in [0, 0.1) is 6.92 Å². The van der Waals surface area contributed by atoms with Gasteiger partial charge in [0.2, 0.25) is 5.95 Å². The van der Waals surface area contributed by atoms with Crippen LogP contribution in [-0.2, 0) is 0 Å². The molecule has 0 aliphatic rings. The van der Waals surface area contributed by atoms with E-state index in [9.17, 15) is 4.79 Å². The fourth-order valence-electron chi connectivity index (χ4n) is 1.25. The molecule has 0 saturated heterocycles. The number of rotatable bonds is 2. The van der Waals surface area contributed by atoms with E-state index >= 15 is 0 Å². The van der Waals surface area contributed by atoms with Crippen LogP contribution >= 0.6 is 0 Å². The summed E-state index contributed by atoms with van der Waals surface area (Å²) in [7, 11) is 0. The molecule has 2 heterocycles. The van der Waals surface area contributed by atoms with E-state index in [-0.39, 0.29) is 11.6 Å². The van der Waals surface area contributed by atoms with Crippen LogP contribution in [0.25, 0.3) is 5.82 Å². The van der Waals surface area contributed by atoms with Crippen molar-refractivity contribution in [3.05, 3.63) is 29.7 Å². The van der Waals surface area contributed by atoms with E-state index in [1.54, 1.807) is 12.4 Å². The minimum absolute atomic E-state index is 0.150. The Hall–Kier alpha value is -2.44. The van der Waals surface area contributed by atoms with E-state index in [0.29, 0.717) is 5.82 Å². The first-order chi connectivity index (χ1) is 7.58. The average molecular weight is 218 g/mol. The minimum Gasteiger partial charge on any atom is -0.368 e. The maximum atomic E-state index is 10.9. The fourth-order valence-corrected chi connectivity index (χ4v) is 1.25. The van der Waals surface area contributed by atoms with Crippen LogP contribution in [0.5, 0.6) is 0 Å². The van der Waals surface area contributed by atoms with E-state index in [2.05, 4.69) is 15.1 Å². The third kappa shape index (κ3) is 1.70. The Kier molecular flexibility index (Phi) is 2.28. The van der Waals surface area contributed by atoms with Crippen molar-refractivity contribution in [1.29, 1.82) is 0 Å². The van der Waals surface area contributed by atoms with Crippen LogP contribution in [-0.4, -0.2) is 25.7 Å². The molecule has 4 N–H and O–H groups in total. The van der Waals surface area contributed by atoms with Gasteiger partial charge < -0.3 is 11.5 Å². The average Bonchev–Trinajstić information content (AvgIpc) is 2.70. The molecule has 2 aromatic rings. The lowest BCUT2D eigenvalue weighted by Crippen LogP contribution is -2.13. The molecular formula is C9H10N6O. The van der Waals surface area contributed by atoms with E-state index in [4.69, 9.17) is 11.5 Å². The van der Waals surface area contributed by atoms with Gasteiger partial charge in [-0.15, -0.1) is 0 Å². The molecular weight excluding hydrogens is 208 g/mol. The molecule has 7 nitrogen and oxygen atoms in total. The lowest BCUT2D eigenvalue weighted by Gasteiger charge is -2.04. The highest BCUT2D eigenvalue weighted by Crippen LogP contribution is 2.10. The number of nitrogen functional groups attached to an aromatic ring is 1. The van der Waals surface area contributed by atoms with Gasteiger partial charge in [-0.25, -0.2) is 9.67 Å². The fraction of sp³-hybridized carbons (Fsp3) is 0.111. The SMILES string of the molecule is Cc1cnc(N)nc1-n1ccc(C(N)=O)n1. The van der Waals surface area contributed by atoms with Crippen molar-refractivity contribution in [2.45, 2.75) is 6.92 Å². The van der Waals surface area contributed by atoms with Crippen LogP contribution in [0.15, 0.2) is 18.5 Å². The van der Waals surface area contributed by atoms with Gasteiger partial charge in [0.05, 0.1) is 0 Å². The van der Waals surface area contributed by atoms with Crippen LogP contribution < -0.4 is 11.5 Å². The summed E-state index contributed by atoms with van der Waals surface area (Å²) < 4.78 is 1.44. The zero-order chi connectivity index (χ0) is 11.7. The van der Waals surface area contributed by atoms with Crippen LogP contribution in [0.1, 0.15) is 16.1 Å². The molecule has 0 radical (unpaired) electrons. The molecule has 0 fully saturated rings. The minimum atomic E-state index is -0.585. The molecule has 0 atom stereocenters. The summed E-state index contributed by atoms with van der Waals surface area (Å²) in [4.78, 5) is 18.8. The van der Waals surface area contributed by atoms with Gasteiger partial charge in [-0.3, -0.25) is 4.79 Å². The molecule has 1 amide bonds. The summed E-state index contributed by atoms with van der Waals surface area (Å²) >= 11 is 0. The first kappa shape index (κ1) is 10.1. The summed E-state index contributed by atoms with van der Waals surface area (Å²) in [5.74, 6) is 0.0927. The quantitative estimate of drug-likeness (QED) is 0.715. The first-order valence-corrected chi connectivity index (χ1v) is 4.53. The van der Waals surface area contributed by atoms with Crippen molar-refractivity contribution in [3.63, 3.8) is 0 Å². The van der Waals surface area contributed by atoms with Crippen molar-refractivity contribution >= 4 is 11.9 Å². The number of nitrogens with two attached hydrogens (primary N) is 2. The van der Waals surface area contributed by atoms with Gasteiger partial charge in [-0.2, -0.15) is 10.1 Å². The monoisotopic (exact) mass is 218 g/mol. The maximum absolute atomic E-state index is 10.9. The third-order valence-electron chi connectivity index (χ3n) is 2.02. The Morgan fingerprint density at radius 2 is 2.25 bits per heavy atom. The van der Waals surface area contributed by atoms with Crippen molar-refractivity contribution in [1.82, 2.24) is 19.7 Å². The number of carbonyl (C=O) groups excluding carboxylic acids is 1. The van der Waals surface area contributed by atoms with E-state index in [1.165, 1.54) is 10.7 Å². The number of aryl methyl sites for hydroxylation is 1. The first-order valence-electron chi connectivity index (χ1n) is 4.53. The second-order valence-electron chi connectivity index (χ2n) is 3.24. The molecule has 0 aromatic carbocycles. The highest BCUT2D eigenvalue weighted by molar-refractivity contribution is 5.90. The zero-order valence-electron chi connectivity index (χ0n) is 8.58. The number of hydrogen-bond acceptors (Lipinski definition) is 5. The Morgan fingerprint density at radius 1 is 1.50 bits per heavy atom. The molecule has 2 aromatic heterocycles. The summed E-state index contributed by atoms with van der Waals surface area (Å²) in [6.07, 6.45) is 3.18. The van der Waals surface area contributed by atoms with E-state index < -0.39 is 5.91 Å². The summed E-state index contributed by atoms with van der Waals surface area (Å²) in [5.41, 5.74) is 11.6. The second-order valence-corrected chi connectivity index (χ2v) is 3.24. The molecule has 0 bridgehead atoms. The maximum Gasteiger partial charge on any atom is 0.269 e. The molecule has 0 aliphatic carbocycles. The number of anilines is 1. The van der Waals surface area contributed by atoms with Gasteiger partial charge >= 0.3 is 0 Å². The largest absolute Gasteiger partial charge is 0.368 e. The molecule has 0 spiro atoms. The molecule has 0 aliphatic heterocycles. The van der Waals surface area contributed by atoms with E-state index in [1.807, 2.05) is 6.92 Å². The number of amides is 1. The van der Waals surface area contributed by atoms with Gasteiger partial charge in [-0.05, 0) is 13.0 Å². The van der Waals surface area contributed by atoms with E-state index in [0.717, 1.165) is 5.56 Å². The van der Waals surface area contributed by atoms with Gasteiger partial charge in [0, 0.05) is 18.0 Å². The summed E-state index contributed by atoms with van der Waals surface area (Å²) in [5, 5.41) is 3.98. The highest BCUT2D eigenvalue weighted by Gasteiger charge is 2.09. The summed E-state index contributed by atoms with van der Waals surface area (Å²) in [6, 6.07) is 1.51. The Balaban J connectivity index is 2.50. The topological polar surface area (TPSA) is 113 Å². The third-order valence-corrected chi connectivity index (χ3v) is 2.02. The normalized spacial score (nSPS) is 10.3. The molecule has 16 heavy (non-hydrogen) atoms. The second kappa shape index (κ2) is 3.61. The zero-order valence-corrected chi connectivity index (χ0v) is 8.58. The Bertz CT molecular complexity index is 547. The van der Waals surface area contributed by atoms with Gasteiger partial charge in [0.25, 0.3) is 5.91 Å². The lowest BCUT2D eigenvalue weighted by atomic mass is 10.3. The van der Waals surface area contributed by atoms with Crippen molar-refractivity contribution in [3.8, 4) is 5.82 Å². The van der Waals surface area contributed by atoms with Crippen LogP contribution in [0.3, 0.4) is 0 Å². The molecule has 2 rings (SSSR count). The molecule has 0 unspecified atom stereocenters. The van der Waals surface area contributed by atoms with Gasteiger partial charge in [0.1, 0.15) is 5.69 Å². The number of nitrogens with zero attached hydrogens (tertiary/aromatic N) is 4. The molecule has 7 heteroatoms. The van der Waals surface area contributed by atoms with Gasteiger partial charge in [0.15, 0.2) is 5.82 Å². The Labute approximate surface area is 91.1 Å². The van der Waals surface area contributed by atoms with Crippen molar-refractivity contribution in [2.24, 2.45) is 5.73 Å². The van der Waals surface area contributed by atoms with Crippen LogP contribution in [0.4, 0.5) is 5.95 Å². The smallest absolute Gasteiger partial charge is 0.269 e. The van der Waals surface area contributed by atoms with Crippen molar-refractivity contribution < 1.29 is 4.79 Å². The van der Waals surface area contributed by atoms with Gasteiger partial charge in [-0.1, -0.05) is 0 Å². The van der Waals surface area contributed by atoms with Crippen molar-refractivity contribution in [2.75, 3.05) is 5.73 Å². The Morgan fingerprint density at radius 3 is 2.88 bits per heavy atom. The predicted molar refractivity (Wildman–Crippen MR) is 56.8 cm³/mol. The number of hydrogen-bond donors (Lipinski definition) is 2. The standard InChI is InChI=1S/C9H10N6O/c1-5-4-12-9(11)13-8(5)15-3-2-6(14-15)7(10)16/h2-4H,1H3,(H2,10,16)(H2,11,12,13). The summed E-state index contributed by atoms with van der Waals surface area (Å²) in [6.45, 7) is 1.82. The lowest BCUT2D eigenvalue weighted by molar-refractivity contribution is 0.0995. The van der Waals surface area contributed by atoms with Crippen LogP contribution in [0.2, 0.25) is 0 Å². The molecule has 82 valence electrons. The highest BCUT2D eigenvalue weighted by atomic mass is 16.1. The molecule has 0 saturated carbocycles. The number of aromatic nitrogens is 4. The number of primary amides is 1. The predicted octanol–water partition coefficient (Wildman–Crippen LogP) is -0.348.